The number of likely N-dealkylation sites (N-methyl/N-ethyl adjacent to an activating group) is 1. The van der Waals surface area contributed by atoms with Crippen LogP contribution >= 0.6 is 0 Å². The molecule has 4 rings (SSSR count). The molecule has 1 aliphatic heterocycles. The third-order valence-electron chi connectivity index (χ3n) is 6.44. The molecule has 0 saturated carbocycles. The molecule has 0 radical (unpaired) electrons. The Labute approximate surface area is 184 Å². The first-order valence-corrected chi connectivity index (χ1v) is 11.1. The normalized spacial score (nSPS) is 18.9. The van der Waals surface area contributed by atoms with Crippen LogP contribution in [0.2, 0.25) is 0 Å². The number of anilines is 1. The predicted octanol–water partition coefficient (Wildman–Crippen LogP) is 2.43. The molecular formula is C25H32N4O2. The molecule has 2 aromatic rings. The lowest BCUT2D eigenvalue weighted by Crippen LogP contribution is -2.45. The van der Waals surface area contributed by atoms with E-state index in [-0.39, 0.29) is 17.9 Å². The fourth-order valence-electron chi connectivity index (χ4n) is 4.53. The van der Waals surface area contributed by atoms with Crippen molar-refractivity contribution in [2.24, 2.45) is 0 Å². The van der Waals surface area contributed by atoms with Gasteiger partial charge in [0.25, 0.3) is 11.8 Å². The van der Waals surface area contributed by atoms with Crippen LogP contribution in [-0.2, 0) is 12.8 Å². The summed E-state index contributed by atoms with van der Waals surface area (Å²) in [7, 11) is 5.62. The number of fused-ring (bicyclic) bond motifs is 1. The molecule has 0 spiro atoms. The van der Waals surface area contributed by atoms with E-state index in [1.165, 1.54) is 21.7 Å². The zero-order valence-corrected chi connectivity index (χ0v) is 18.7. The van der Waals surface area contributed by atoms with Gasteiger partial charge in [-0.3, -0.25) is 9.59 Å². The molecule has 1 aliphatic carbocycles. The summed E-state index contributed by atoms with van der Waals surface area (Å²) < 4.78 is 0. The lowest BCUT2D eigenvalue weighted by molar-refractivity contribution is 0.0826. The van der Waals surface area contributed by atoms with E-state index in [9.17, 15) is 9.59 Å². The number of carbonyl (C=O) groups excluding carboxylic acids is 2. The van der Waals surface area contributed by atoms with Gasteiger partial charge in [0.05, 0.1) is 0 Å². The number of piperazine rings is 1. The van der Waals surface area contributed by atoms with Crippen molar-refractivity contribution in [3.05, 3.63) is 64.7 Å². The Morgan fingerprint density at radius 2 is 1.65 bits per heavy atom. The van der Waals surface area contributed by atoms with Crippen molar-refractivity contribution in [1.29, 1.82) is 0 Å². The van der Waals surface area contributed by atoms with Crippen LogP contribution in [0.15, 0.2) is 42.5 Å². The molecule has 31 heavy (non-hydrogen) atoms. The number of nitrogens with zero attached hydrogens (tertiary/aromatic N) is 3. The molecule has 2 aromatic carbocycles. The minimum atomic E-state index is -0.0746. The molecule has 2 amide bonds. The second-order valence-electron chi connectivity index (χ2n) is 8.90. The Bertz CT molecular complexity index is 946. The van der Waals surface area contributed by atoms with Crippen LogP contribution in [0.1, 0.15) is 38.3 Å². The molecule has 1 saturated heterocycles. The van der Waals surface area contributed by atoms with Crippen molar-refractivity contribution in [3.8, 4) is 0 Å². The third-order valence-corrected chi connectivity index (χ3v) is 6.44. The SMILES string of the molecule is CN1CCN(c2cccc3c2C[C@H](NC(=O)c2ccc(C(=O)N(C)C)cc2)CC3)CC1. The van der Waals surface area contributed by atoms with Gasteiger partial charge < -0.3 is 20.0 Å². The molecule has 0 bridgehead atoms. The largest absolute Gasteiger partial charge is 0.369 e. The number of carbonyl (C=O) groups is 2. The summed E-state index contributed by atoms with van der Waals surface area (Å²) in [6.45, 7) is 4.25. The van der Waals surface area contributed by atoms with Gasteiger partial charge in [-0.15, -0.1) is 0 Å². The molecule has 0 aromatic heterocycles. The van der Waals surface area contributed by atoms with Crippen LogP contribution in [0.25, 0.3) is 0 Å². The number of nitrogens with one attached hydrogen (secondary N) is 1. The highest BCUT2D eigenvalue weighted by molar-refractivity contribution is 5.97. The van der Waals surface area contributed by atoms with Crippen molar-refractivity contribution in [1.82, 2.24) is 15.1 Å². The number of hydrogen-bond donors (Lipinski definition) is 1. The van der Waals surface area contributed by atoms with Gasteiger partial charge in [0.1, 0.15) is 0 Å². The Morgan fingerprint density at radius 3 is 2.32 bits per heavy atom. The summed E-state index contributed by atoms with van der Waals surface area (Å²) >= 11 is 0. The van der Waals surface area contributed by atoms with Gasteiger partial charge in [0.15, 0.2) is 0 Å². The van der Waals surface area contributed by atoms with E-state index >= 15 is 0 Å². The van der Waals surface area contributed by atoms with Crippen molar-refractivity contribution < 1.29 is 9.59 Å². The van der Waals surface area contributed by atoms with Gasteiger partial charge in [-0.05, 0) is 67.8 Å². The number of hydrogen-bond acceptors (Lipinski definition) is 4. The van der Waals surface area contributed by atoms with Crippen LogP contribution < -0.4 is 10.2 Å². The van der Waals surface area contributed by atoms with Gasteiger partial charge in [0.2, 0.25) is 0 Å². The third kappa shape index (κ3) is 4.74. The topological polar surface area (TPSA) is 55.9 Å². The first-order valence-electron chi connectivity index (χ1n) is 11.1. The molecule has 6 nitrogen and oxygen atoms in total. The van der Waals surface area contributed by atoms with Crippen molar-refractivity contribution in [3.63, 3.8) is 0 Å². The average molecular weight is 421 g/mol. The second-order valence-corrected chi connectivity index (χ2v) is 8.90. The van der Waals surface area contributed by atoms with Crippen LogP contribution in [-0.4, -0.2) is 75.0 Å². The van der Waals surface area contributed by atoms with Crippen molar-refractivity contribution in [2.45, 2.75) is 25.3 Å². The lowest BCUT2D eigenvalue weighted by Gasteiger charge is -2.37. The number of amides is 2. The van der Waals surface area contributed by atoms with Crippen molar-refractivity contribution >= 4 is 17.5 Å². The monoisotopic (exact) mass is 420 g/mol. The highest BCUT2D eigenvalue weighted by Gasteiger charge is 2.25. The Hall–Kier alpha value is -2.86. The highest BCUT2D eigenvalue weighted by Crippen LogP contribution is 2.31. The number of aryl methyl sites for hydroxylation is 1. The standard InChI is InChI=1S/C25H32N4O2/c1-27(2)25(31)20-9-7-19(8-10-20)24(30)26-21-12-11-18-5-4-6-23(22(18)17-21)29-15-13-28(3)14-16-29/h4-10,21H,11-17H2,1-3H3,(H,26,30)/t21-/m1/s1. The summed E-state index contributed by atoms with van der Waals surface area (Å²) in [5.74, 6) is -0.137. The number of rotatable bonds is 4. The fourth-order valence-corrected chi connectivity index (χ4v) is 4.53. The smallest absolute Gasteiger partial charge is 0.253 e. The molecule has 0 unspecified atom stereocenters. The quantitative estimate of drug-likeness (QED) is 0.826. The first kappa shape index (κ1) is 21.4. The zero-order chi connectivity index (χ0) is 22.0. The van der Waals surface area contributed by atoms with Crippen LogP contribution in [0.4, 0.5) is 5.69 Å². The molecule has 1 N–H and O–H groups in total. The van der Waals surface area contributed by atoms with E-state index in [0.29, 0.717) is 11.1 Å². The van der Waals surface area contributed by atoms with Crippen LogP contribution in [0.3, 0.4) is 0 Å². The highest BCUT2D eigenvalue weighted by atomic mass is 16.2. The zero-order valence-electron chi connectivity index (χ0n) is 18.7. The minimum Gasteiger partial charge on any atom is -0.369 e. The van der Waals surface area contributed by atoms with E-state index in [4.69, 9.17) is 0 Å². The summed E-state index contributed by atoms with van der Waals surface area (Å²) in [4.78, 5) is 31.3. The van der Waals surface area contributed by atoms with Gasteiger partial charge in [0, 0.05) is 63.1 Å². The maximum Gasteiger partial charge on any atom is 0.253 e. The number of benzene rings is 2. The van der Waals surface area contributed by atoms with Crippen LogP contribution in [0.5, 0.6) is 0 Å². The molecule has 164 valence electrons. The Balaban J connectivity index is 1.44. The van der Waals surface area contributed by atoms with Gasteiger partial charge in [-0.1, -0.05) is 12.1 Å². The van der Waals surface area contributed by atoms with E-state index in [1.54, 1.807) is 38.4 Å². The fraction of sp³-hybridized carbons (Fsp3) is 0.440. The summed E-state index contributed by atoms with van der Waals surface area (Å²) in [6.07, 6.45) is 2.79. The van der Waals surface area contributed by atoms with Crippen LogP contribution in [0, 0.1) is 0 Å². The van der Waals surface area contributed by atoms with E-state index < -0.39 is 0 Å². The summed E-state index contributed by atoms with van der Waals surface area (Å²) in [6, 6.07) is 13.7. The second kappa shape index (κ2) is 9.10. The Kier molecular flexibility index (Phi) is 6.28. The Morgan fingerprint density at radius 1 is 0.968 bits per heavy atom. The molecular weight excluding hydrogens is 388 g/mol. The summed E-state index contributed by atoms with van der Waals surface area (Å²) in [5, 5.41) is 3.22. The minimum absolute atomic E-state index is 0.0627. The predicted molar refractivity (Wildman–Crippen MR) is 124 cm³/mol. The van der Waals surface area contributed by atoms with E-state index in [0.717, 1.165) is 45.4 Å². The maximum absolute atomic E-state index is 12.8. The maximum atomic E-state index is 12.8. The molecule has 2 aliphatic rings. The summed E-state index contributed by atoms with van der Waals surface area (Å²) in [5.41, 5.74) is 5.30. The lowest BCUT2D eigenvalue weighted by atomic mass is 9.86. The van der Waals surface area contributed by atoms with E-state index in [1.807, 2.05) is 0 Å². The molecule has 1 fully saturated rings. The van der Waals surface area contributed by atoms with Gasteiger partial charge in [-0.25, -0.2) is 0 Å². The van der Waals surface area contributed by atoms with Gasteiger partial charge in [-0.2, -0.15) is 0 Å². The molecule has 1 atom stereocenters. The first-order chi connectivity index (χ1) is 14.9. The average Bonchev–Trinajstić information content (AvgIpc) is 2.79. The molecule has 6 heteroatoms. The molecule has 1 heterocycles. The van der Waals surface area contributed by atoms with Crippen molar-refractivity contribution in [2.75, 3.05) is 52.2 Å². The van der Waals surface area contributed by atoms with E-state index in [2.05, 4.69) is 40.4 Å². The van der Waals surface area contributed by atoms with Gasteiger partial charge >= 0.3 is 0 Å².